The lowest BCUT2D eigenvalue weighted by Crippen LogP contribution is -2.70. The lowest BCUT2D eigenvalue weighted by Gasteiger charge is -2.47. The van der Waals surface area contributed by atoms with Crippen molar-refractivity contribution in [1.29, 1.82) is 0 Å². The first-order valence-electron chi connectivity index (χ1n) is 4.09. The van der Waals surface area contributed by atoms with Gasteiger partial charge in [-0.15, -0.1) is 0 Å². The van der Waals surface area contributed by atoms with Gasteiger partial charge in [0.05, 0.1) is 0 Å². The van der Waals surface area contributed by atoms with Gasteiger partial charge in [-0.1, -0.05) is 0 Å². The highest BCUT2D eigenvalue weighted by molar-refractivity contribution is 6.87. The third-order valence-corrected chi connectivity index (χ3v) is 2.55. The first kappa shape index (κ1) is 9.10. The minimum Gasteiger partial charge on any atom is -0.359 e. The van der Waals surface area contributed by atoms with Crippen molar-refractivity contribution in [2.24, 2.45) is 0 Å². The molecule has 1 saturated heterocycles. The van der Waals surface area contributed by atoms with Crippen LogP contribution < -0.4 is 0 Å². The molecular formula is C6H17B2N3. The van der Waals surface area contributed by atoms with E-state index in [1.165, 1.54) is 6.22 Å². The average molecular weight is 153 g/mol. The Labute approximate surface area is 70.6 Å². The molecule has 1 aliphatic heterocycles. The quantitative estimate of drug-likeness (QED) is 0.498. The van der Waals surface area contributed by atoms with Gasteiger partial charge in [0, 0.05) is 0 Å². The van der Waals surface area contributed by atoms with Gasteiger partial charge in [0.1, 0.15) is 0 Å². The molecule has 0 amide bonds. The van der Waals surface area contributed by atoms with E-state index in [9.17, 15) is 0 Å². The summed E-state index contributed by atoms with van der Waals surface area (Å²) >= 11 is 0. The minimum absolute atomic E-state index is 0.641. The van der Waals surface area contributed by atoms with E-state index in [-0.39, 0.29) is 0 Å². The Morgan fingerprint density at radius 3 is 1.55 bits per heavy atom. The van der Waals surface area contributed by atoms with Crippen LogP contribution in [0.3, 0.4) is 0 Å². The van der Waals surface area contributed by atoms with E-state index in [1.54, 1.807) is 0 Å². The first-order valence-corrected chi connectivity index (χ1v) is 4.09. The maximum atomic E-state index is 2.39. The zero-order valence-corrected chi connectivity index (χ0v) is 8.20. The SMILES string of the molecule is CN(C)B1CB(N(C)C)N1C. The maximum Gasteiger partial charge on any atom is 0.295 e. The zero-order valence-electron chi connectivity index (χ0n) is 8.20. The van der Waals surface area contributed by atoms with Gasteiger partial charge >= 0.3 is 0 Å². The summed E-state index contributed by atoms with van der Waals surface area (Å²) in [5.41, 5.74) is 0. The number of hydrogen-bond acceptors (Lipinski definition) is 3. The standard InChI is InChI=1S/C6H17B2N3/c1-9(2)7-6-8(10(3)4)11(7)5/h6H2,1-5H3. The molecule has 62 valence electrons. The Kier molecular flexibility index (Phi) is 2.62. The molecule has 0 aliphatic carbocycles. The smallest absolute Gasteiger partial charge is 0.295 e. The Morgan fingerprint density at radius 2 is 1.36 bits per heavy atom. The molecule has 0 saturated carbocycles. The highest BCUT2D eigenvalue weighted by atomic mass is 15.2. The number of rotatable bonds is 2. The molecule has 1 heterocycles. The van der Waals surface area contributed by atoms with Gasteiger partial charge in [0.15, 0.2) is 0 Å². The molecule has 0 aromatic heterocycles. The van der Waals surface area contributed by atoms with Gasteiger partial charge in [-0.2, -0.15) is 0 Å². The minimum atomic E-state index is 0.641. The zero-order chi connectivity index (χ0) is 8.59. The Hall–Kier alpha value is 0.00987. The fraction of sp³-hybridized carbons (Fsp3) is 1.00. The van der Waals surface area contributed by atoms with Crippen LogP contribution in [0, 0.1) is 0 Å². The Morgan fingerprint density at radius 1 is 1.00 bits per heavy atom. The summed E-state index contributed by atoms with van der Waals surface area (Å²) in [4.78, 5) is 4.53. The van der Waals surface area contributed by atoms with Gasteiger partial charge in [-0.25, -0.2) is 0 Å². The van der Waals surface area contributed by atoms with E-state index < -0.39 is 0 Å². The summed E-state index contributed by atoms with van der Waals surface area (Å²) in [7, 11) is 10.7. The van der Waals surface area contributed by atoms with Crippen LogP contribution in [0.2, 0.25) is 6.22 Å². The van der Waals surface area contributed by atoms with Crippen molar-refractivity contribution in [2.45, 2.75) is 6.22 Å². The first-order chi connectivity index (χ1) is 5.04. The fourth-order valence-electron chi connectivity index (χ4n) is 1.73. The lowest BCUT2D eigenvalue weighted by molar-refractivity contribution is 0.491. The van der Waals surface area contributed by atoms with Gasteiger partial charge in [-0.05, 0) is 41.5 Å². The van der Waals surface area contributed by atoms with Gasteiger partial charge in [0.2, 0.25) is 0 Å². The van der Waals surface area contributed by atoms with Crippen LogP contribution in [-0.4, -0.2) is 63.5 Å². The molecule has 0 aromatic carbocycles. The molecule has 1 aliphatic rings. The van der Waals surface area contributed by atoms with E-state index in [4.69, 9.17) is 0 Å². The van der Waals surface area contributed by atoms with Gasteiger partial charge in [-0.3, -0.25) is 0 Å². The summed E-state index contributed by atoms with van der Waals surface area (Å²) in [6, 6.07) is 0. The van der Waals surface area contributed by atoms with Crippen LogP contribution in [0.5, 0.6) is 0 Å². The van der Waals surface area contributed by atoms with E-state index in [0.29, 0.717) is 14.0 Å². The second kappa shape index (κ2) is 3.17. The van der Waals surface area contributed by atoms with Crippen molar-refractivity contribution in [3.8, 4) is 0 Å². The topological polar surface area (TPSA) is 9.72 Å². The van der Waals surface area contributed by atoms with E-state index in [0.717, 1.165) is 0 Å². The van der Waals surface area contributed by atoms with Gasteiger partial charge in [0.25, 0.3) is 14.0 Å². The maximum absolute atomic E-state index is 2.39. The van der Waals surface area contributed by atoms with E-state index in [1.807, 2.05) is 0 Å². The third-order valence-electron chi connectivity index (χ3n) is 2.55. The number of hydrogen-bond donors (Lipinski definition) is 0. The summed E-state index contributed by atoms with van der Waals surface area (Å²) in [6.45, 7) is 1.28. The summed E-state index contributed by atoms with van der Waals surface area (Å²) < 4.78 is 2.39. The molecule has 0 atom stereocenters. The molecular weight excluding hydrogens is 136 g/mol. The second-order valence-electron chi connectivity index (χ2n) is 3.79. The molecule has 11 heavy (non-hydrogen) atoms. The van der Waals surface area contributed by atoms with Crippen LogP contribution in [0.15, 0.2) is 0 Å². The van der Waals surface area contributed by atoms with Gasteiger partial charge < -0.3 is 14.3 Å². The van der Waals surface area contributed by atoms with E-state index >= 15 is 0 Å². The monoisotopic (exact) mass is 153 g/mol. The molecule has 1 rings (SSSR count). The van der Waals surface area contributed by atoms with E-state index in [2.05, 4.69) is 49.6 Å². The van der Waals surface area contributed by atoms with Crippen LogP contribution in [0.1, 0.15) is 0 Å². The Bertz CT molecular complexity index is 126. The molecule has 0 aromatic rings. The summed E-state index contributed by atoms with van der Waals surface area (Å²) in [6.07, 6.45) is 1.26. The molecule has 0 unspecified atom stereocenters. The molecule has 5 heteroatoms. The number of nitrogens with zero attached hydrogens (tertiary/aromatic N) is 3. The van der Waals surface area contributed by atoms with Crippen LogP contribution in [0.4, 0.5) is 0 Å². The normalized spacial score (nSPS) is 19.9. The van der Waals surface area contributed by atoms with Crippen molar-refractivity contribution in [2.75, 3.05) is 35.2 Å². The van der Waals surface area contributed by atoms with Crippen molar-refractivity contribution < 1.29 is 0 Å². The summed E-state index contributed by atoms with van der Waals surface area (Å²) in [5.74, 6) is 0. The van der Waals surface area contributed by atoms with Crippen LogP contribution >= 0.6 is 0 Å². The summed E-state index contributed by atoms with van der Waals surface area (Å²) in [5, 5.41) is 0. The predicted octanol–water partition coefficient (Wildman–Crippen LogP) is -0.429. The Balaban J connectivity index is 2.38. The molecule has 0 radical (unpaired) electrons. The van der Waals surface area contributed by atoms with Crippen molar-refractivity contribution in [3.63, 3.8) is 0 Å². The molecule has 0 N–H and O–H groups in total. The molecule has 0 spiro atoms. The third kappa shape index (κ3) is 1.60. The second-order valence-corrected chi connectivity index (χ2v) is 3.79. The fourth-order valence-corrected chi connectivity index (χ4v) is 1.73. The van der Waals surface area contributed by atoms with Crippen molar-refractivity contribution in [3.05, 3.63) is 0 Å². The lowest BCUT2D eigenvalue weighted by atomic mass is 9.34. The average Bonchev–Trinajstić information content (AvgIpc) is 1.82. The molecule has 0 bridgehead atoms. The van der Waals surface area contributed by atoms with Crippen LogP contribution in [-0.2, 0) is 0 Å². The predicted molar refractivity (Wildman–Crippen MR) is 51.5 cm³/mol. The van der Waals surface area contributed by atoms with Crippen molar-refractivity contribution >= 4 is 14.0 Å². The molecule has 3 nitrogen and oxygen atoms in total. The molecule has 1 fully saturated rings. The van der Waals surface area contributed by atoms with Crippen LogP contribution in [0.25, 0.3) is 0 Å². The highest BCUT2D eigenvalue weighted by Gasteiger charge is 2.45. The highest BCUT2D eigenvalue weighted by Crippen LogP contribution is 2.19. The van der Waals surface area contributed by atoms with Crippen molar-refractivity contribution in [1.82, 2.24) is 14.3 Å². The largest absolute Gasteiger partial charge is 0.359 e.